The SMILES string of the molecule is Fc1ccc(/C=N\Nc2nc(-c3ccccc3)c(-c3ccccc3)s2)cc1. The van der Waals surface area contributed by atoms with Gasteiger partial charge in [0.1, 0.15) is 5.82 Å². The second kappa shape index (κ2) is 7.93. The molecule has 0 aliphatic rings. The molecule has 3 nitrogen and oxygen atoms in total. The molecule has 4 aromatic rings. The van der Waals surface area contributed by atoms with Gasteiger partial charge in [0.05, 0.1) is 16.8 Å². The smallest absolute Gasteiger partial charge is 0.204 e. The predicted molar refractivity (Wildman–Crippen MR) is 111 cm³/mol. The molecule has 0 aliphatic heterocycles. The maximum Gasteiger partial charge on any atom is 0.204 e. The maximum atomic E-state index is 13.0. The summed E-state index contributed by atoms with van der Waals surface area (Å²) in [5.74, 6) is -0.264. The van der Waals surface area contributed by atoms with Gasteiger partial charge in [0.25, 0.3) is 0 Å². The van der Waals surface area contributed by atoms with Crippen LogP contribution >= 0.6 is 11.3 Å². The minimum atomic E-state index is -0.264. The van der Waals surface area contributed by atoms with Crippen molar-refractivity contribution in [3.63, 3.8) is 0 Å². The number of hydrogen-bond acceptors (Lipinski definition) is 4. The van der Waals surface area contributed by atoms with E-state index in [0.717, 1.165) is 27.3 Å². The van der Waals surface area contributed by atoms with Crippen LogP contribution in [-0.4, -0.2) is 11.2 Å². The fraction of sp³-hybridized carbons (Fsp3) is 0. The normalized spacial score (nSPS) is 11.0. The summed E-state index contributed by atoms with van der Waals surface area (Å²) < 4.78 is 13.0. The van der Waals surface area contributed by atoms with Crippen LogP contribution in [0.3, 0.4) is 0 Å². The van der Waals surface area contributed by atoms with Crippen molar-refractivity contribution in [3.8, 4) is 21.7 Å². The number of benzene rings is 3. The Morgan fingerprint density at radius 3 is 2.11 bits per heavy atom. The molecule has 27 heavy (non-hydrogen) atoms. The molecular weight excluding hydrogens is 357 g/mol. The van der Waals surface area contributed by atoms with E-state index in [2.05, 4.69) is 22.7 Å². The second-order valence-corrected chi connectivity index (χ2v) is 6.85. The molecular formula is C22H16FN3S. The highest BCUT2D eigenvalue weighted by Crippen LogP contribution is 2.38. The standard InChI is InChI=1S/C22H16FN3S/c23-19-13-11-16(12-14-19)15-24-26-22-25-20(17-7-3-1-4-8-17)21(27-22)18-9-5-2-6-10-18/h1-15H,(H,25,26)/b24-15-. The third-order valence-electron chi connectivity index (χ3n) is 3.95. The van der Waals surface area contributed by atoms with Gasteiger partial charge in [-0.25, -0.2) is 9.37 Å². The summed E-state index contributed by atoms with van der Waals surface area (Å²) in [5.41, 5.74) is 6.90. The van der Waals surface area contributed by atoms with E-state index in [1.807, 2.05) is 48.5 Å². The number of thiazole rings is 1. The van der Waals surface area contributed by atoms with Gasteiger partial charge in [-0.15, -0.1) is 0 Å². The monoisotopic (exact) mass is 373 g/mol. The predicted octanol–water partition coefficient (Wildman–Crippen LogP) is 6.06. The molecule has 4 rings (SSSR count). The van der Waals surface area contributed by atoms with E-state index in [0.29, 0.717) is 5.13 Å². The lowest BCUT2D eigenvalue weighted by Crippen LogP contribution is -1.90. The fourth-order valence-corrected chi connectivity index (χ4v) is 3.60. The van der Waals surface area contributed by atoms with E-state index in [4.69, 9.17) is 4.98 Å². The van der Waals surface area contributed by atoms with Crippen molar-refractivity contribution in [2.45, 2.75) is 0 Å². The van der Waals surface area contributed by atoms with E-state index in [1.54, 1.807) is 29.7 Å². The lowest BCUT2D eigenvalue weighted by molar-refractivity contribution is 0.628. The number of anilines is 1. The molecule has 1 N–H and O–H groups in total. The van der Waals surface area contributed by atoms with Gasteiger partial charge in [-0.05, 0) is 23.3 Å². The molecule has 0 unspecified atom stereocenters. The van der Waals surface area contributed by atoms with Crippen molar-refractivity contribution in [2.24, 2.45) is 5.10 Å². The molecule has 0 bridgehead atoms. The van der Waals surface area contributed by atoms with Crippen LogP contribution in [0.15, 0.2) is 90.0 Å². The van der Waals surface area contributed by atoms with Crippen LogP contribution in [0.2, 0.25) is 0 Å². The first-order valence-corrected chi connectivity index (χ1v) is 9.27. The highest BCUT2D eigenvalue weighted by molar-refractivity contribution is 7.19. The number of hydrogen-bond donors (Lipinski definition) is 1. The molecule has 0 amide bonds. The zero-order valence-corrected chi connectivity index (χ0v) is 15.2. The van der Waals surface area contributed by atoms with Gasteiger partial charge in [0, 0.05) is 5.56 Å². The highest BCUT2D eigenvalue weighted by atomic mass is 32.1. The van der Waals surface area contributed by atoms with Crippen LogP contribution in [0.25, 0.3) is 21.7 Å². The van der Waals surface area contributed by atoms with E-state index >= 15 is 0 Å². The molecule has 5 heteroatoms. The fourth-order valence-electron chi connectivity index (χ4n) is 2.66. The zero-order chi connectivity index (χ0) is 18.5. The Morgan fingerprint density at radius 1 is 0.815 bits per heavy atom. The Hall–Kier alpha value is -3.31. The van der Waals surface area contributed by atoms with Gasteiger partial charge in [0.15, 0.2) is 0 Å². The van der Waals surface area contributed by atoms with Gasteiger partial charge in [-0.1, -0.05) is 84.1 Å². The lowest BCUT2D eigenvalue weighted by Gasteiger charge is -2.02. The molecule has 0 spiro atoms. The van der Waals surface area contributed by atoms with Crippen molar-refractivity contribution in [1.29, 1.82) is 0 Å². The number of nitrogens with one attached hydrogen (secondary N) is 1. The van der Waals surface area contributed by atoms with Crippen LogP contribution in [-0.2, 0) is 0 Å². The quantitative estimate of drug-likeness (QED) is 0.341. The molecule has 1 aromatic heterocycles. The number of hydrazone groups is 1. The Morgan fingerprint density at radius 2 is 1.44 bits per heavy atom. The molecule has 132 valence electrons. The average molecular weight is 373 g/mol. The topological polar surface area (TPSA) is 37.3 Å². The largest absolute Gasteiger partial charge is 0.253 e. The van der Waals surface area contributed by atoms with Gasteiger partial charge < -0.3 is 0 Å². The van der Waals surface area contributed by atoms with Crippen molar-refractivity contribution in [2.75, 3.05) is 5.43 Å². The minimum absolute atomic E-state index is 0.264. The minimum Gasteiger partial charge on any atom is -0.253 e. The summed E-state index contributed by atoms with van der Waals surface area (Å²) in [6, 6.07) is 26.4. The van der Waals surface area contributed by atoms with Crippen molar-refractivity contribution < 1.29 is 4.39 Å². The highest BCUT2D eigenvalue weighted by Gasteiger charge is 2.14. The van der Waals surface area contributed by atoms with Crippen LogP contribution in [0.4, 0.5) is 9.52 Å². The summed E-state index contributed by atoms with van der Waals surface area (Å²) in [4.78, 5) is 5.82. The Labute approximate surface area is 160 Å². The van der Waals surface area contributed by atoms with E-state index < -0.39 is 0 Å². The zero-order valence-electron chi connectivity index (χ0n) is 14.3. The van der Waals surface area contributed by atoms with Crippen molar-refractivity contribution in [1.82, 2.24) is 4.98 Å². The van der Waals surface area contributed by atoms with Gasteiger partial charge in [-0.2, -0.15) is 5.10 Å². The summed E-state index contributed by atoms with van der Waals surface area (Å²) in [6.07, 6.45) is 1.64. The van der Waals surface area contributed by atoms with Crippen LogP contribution in [0.1, 0.15) is 5.56 Å². The number of nitrogens with zero attached hydrogens (tertiary/aromatic N) is 2. The van der Waals surface area contributed by atoms with Crippen LogP contribution in [0, 0.1) is 5.82 Å². The third-order valence-corrected chi connectivity index (χ3v) is 4.96. The molecule has 0 saturated heterocycles. The summed E-state index contributed by atoms with van der Waals surface area (Å²) in [5, 5.41) is 4.93. The van der Waals surface area contributed by atoms with Crippen LogP contribution in [0.5, 0.6) is 0 Å². The number of aromatic nitrogens is 1. The number of rotatable bonds is 5. The molecule has 0 fully saturated rings. The Balaban J connectivity index is 1.64. The van der Waals surface area contributed by atoms with Gasteiger partial charge in [0.2, 0.25) is 5.13 Å². The first-order chi connectivity index (χ1) is 13.3. The van der Waals surface area contributed by atoms with E-state index in [1.165, 1.54) is 12.1 Å². The third kappa shape index (κ3) is 4.10. The summed E-state index contributed by atoms with van der Waals surface area (Å²) in [7, 11) is 0. The maximum absolute atomic E-state index is 13.0. The van der Waals surface area contributed by atoms with Gasteiger partial charge >= 0.3 is 0 Å². The van der Waals surface area contributed by atoms with Crippen molar-refractivity contribution in [3.05, 3.63) is 96.3 Å². The first kappa shape index (κ1) is 17.1. The Kier molecular flexibility index (Phi) is 5.03. The molecule has 0 saturated carbocycles. The second-order valence-electron chi connectivity index (χ2n) is 5.85. The van der Waals surface area contributed by atoms with Crippen LogP contribution < -0.4 is 5.43 Å². The average Bonchev–Trinajstić information content (AvgIpc) is 3.15. The first-order valence-electron chi connectivity index (χ1n) is 8.46. The van der Waals surface area contributed by atoms with Gasteiger partial charge in [-0.3, -0.25) is 5.43 Å². The number of halogens is 1. The summed E-state index contributed by atoms with van der Waals surface area (Å²) in [6.45, 7) is 0. The molecule has 3 aromatic carbocycles. The molecule has 0 atom stereocenters. The van der Waals surface area contributed by atoms with E-state index in [-0.39, 0.29) is 5.82 Å². The van der Waals surface area contributed by atoms with E-state index in [9.17, 15) is 4.39 Å². The Bertz CT molecular complexity index is 985. The molecule has 0 aliphatic carbocycles. The van der Waals surface area contributed by atoms with Crippen molar-refractivity contribution >= 4 is 22.7 Å². The molecule has 1 heterocycles. The summed E-state index contributed by atoms with van der Waals surface area (Å²) >= 11 is 1.55. The lowest BCUT2D eigenvalue weighted by atomic mass is 10.1. The molecule has 0 radical (unpaired) electrons.